The van der Waals surface area contributed by atoms with Crippen LogP contribution in [0.15, 0.2) is 17.0 Å². The molecule has 1 saturated heterocycles. The maximum absolute atomic E-state index is 12.7. The number of hydrogen-bond acceptors (Lipinski definition) is 4. The maximum atomic E-state index is 12.7. The summed E-state index contributed by atoms with van der Waals surface area (Å²) in [4.78, 5) is 0.0790. The number of rotatable bonds is 0. The van der Waals surface area contributed by atoms with Crippen LogP contribution in [0.3, 0.4) is 0 Å². The molecule has 108 valence electrons. The van der Waals surface area contributed by atoms with Crippen molar-refractivity contribution in [1.29, 1.82) is 0 Å². The van der Waals surface area contributed by atoms with Gasteiger partial charge in [0.05, 0.1) is 9.85 Å². The number of sulfonamides is 1. The fourth-order valence-electron chi connectivity index (χ4n) is 3.17. The topological polar surface area (TPSA) is 55.8 Å². The first-order valence-electron chi connectivity index (χ1n) is 6.11. The Morgan fingerprint density at radius 3 is 2.70 bits per heavy atom. The molecule has 4 atom stereocenters. The number of hydrogen-bond donors (Lipinski definition) is 0. The van der Waals surface area contributed by atoms with Gasteiger partial charge in [0.2, 0.25) is 16.8 Å². The van der Waals surface area contributed by atoms with Gasteiger partial charge >= 0.3 is 0 Å². The van der Waals surface area contributed by atoms with Crippen molar-refractivity contribution in [3.8, 4) is 11.5 Å². The highest BCUT2D eigenvalue weighted by atomic mass is 79.9. The molecule has 2 bridgehead atoms. The van der Waals surface area contributed by atoms with E-state index in [0.29, 0.717) is 22.9 Å². The van der Waals surface area contributed by atoms with Crippen LogP contribution in [0.25, 0.3) is 0 Å². The van der Waals surface area contributed by atoms with E-state index in [9.17, 15) is 8.42 Å². The first-order valence-corrected chi connectivity index (χ1v) is 9.25. The van der Waals surface area contributed by atoms with Crippen molar-refractivity contribution in [2.75, 3.05) is 13.3 Å². The van der Waals surface area contributed by atoms with Gasteiger partial charge in [-0.15, -0.1) is 0 Å². The fourth-order valence-corrected chi connectivity index (χ4v) is 7.94. The summed E-state index contributed by atoms with van der Waals surface area (Å²) in [7, 11) is -3.51. The van der Waals surface area contributed by atoms with Gasteiger partial charge in [0.25, 0.3) is 0 Å². The van der Waals surface area contributed by atoms with E-state index < -0.39 is 10.0 Å². The summed E-state index contributed by atoms with van der Waals surface area (Å²) in [5.41, 5.74) is 0.782. The SMILES string of the molecule is C[C@]1(Br)CN2[C@@H](Br)[C@@H]1c1cc3c(cc1S2(=O)=O)OCO3. The van der Waals surface area contributed by atoms with E-state index in [4.69, 9.17) is 9.47 Å². The smallest absolute Gasteiger partial charge is 0.244 e. The Morgan fingerprint density at radius 2 is 2.00 bits per heavy atom. The fraction of sp³-hybridized carbons (Fsp3) is 0.500. The predicted octanol–water partition coefficient (Wildman–Crippen LogP) is 2.39. The minimum atomic E-state index is -3.51. The predicted molar refractivity (Wildman–Crippen MR) is 79.2 cm³/mol. The molecule has 0 aliphatic carbocycles. The molecule has 0 spiro atoms. The van der Waals surface area contributed by atoms with Crippen molar-refractivity contribution in [3.05, 3.63) is 17.7 Å². The zero-order valence-corrected chi connectivity index (χ0v) is 14.5. The molecule has 0 N–H and O–H groups in total. The molecule has 0 aromatic heterocycles. The van der Waals surface area contributed by atoms with Crippen molar-refractivity contribution in [2.45, 2.75) is 27.0 Å². The van der Waals surface area contributed by atoms with Crippen molar-refractivity contribution >= 4 is 41.9 Å². The largest absolute Gasteiger partial charge is 0.454 e. The van der Waals surface area contributed by atoms with E-state index >= 15 is 0 Å². The van der Waals surface area contributed by atoms with E-state index in [0.717, 1.165) is 5.56 Å². The summed E-state index contributed by atoms with van der Waals surface area (Å²) in [5, 5.41) is 0. The molecule has 3 aliphatic rings. The van der Waals surface area contributed by atoms with Crippen LogP contribution in [-0.4, -0.2) is 35.3 Å². The summed E-state index contributed by atoms with van der Waals surface area (Å²) in [6.07, 6.45) is 0. The average molecular weight is 425 g/mol. The van der Waals surface area contributed by atoms with Crippen molar-refractivity contribution < 1.29 is 17.9 Å². The number of fused-ring (bicyclic) bond motifs is 5. The molecule has 0 amide bonds. The minimum Gasteiger partial charge on any atom is -0.454 e. The standard InChI is InChI=1S/C12H11Br2NO4S/c1-12(14)4-15-11(13)10(12)6-2-7-8(19-5-18-7)3-9(6)20(15,16)17/h2-3,10-11H,4-5H2,1H3/t10-,11+,12-/m0/s1. The van der Waals surface area contributed by atoms with Gasteiger partial charge in [-0.2, -0.15) is 4.31 Å². The minimum absolute atomic E-state index is 0.0236. The summed E-state index contributed by atoms with van der Waals surface area (Å²) in [5.74, 6) is 1.13. The quantitative estimate of drug-likeness (QED) is 0.474. The molecule has 4 rings (SSSR count). The highest BCUT2D eigenvalue weighted by Gasteiger charge is 2.57. The van der Waals surface area contributed by atoms with Gasteiger partial charge in [0.1, 0.15) is 0 Å². The molecule has 8 heteroatoms. The number of ether oxygens (including phenoxy) is 2. The van der Waals surface area contributed by atoms with E-state index in [1.165, 1.54) is 4.31 Å². The number of alkyl halides is 2. The zero-order valence-electron chi connectivity index (χ0n) is 10.5. The Morgan fingerprint density at radius 1 is 1.35 bits per heavy atom. The third-order valence-corrected chi connectivity index (χ3v) is 8.01. The molecule has 20 heavy (non-hydrogen) atoms. The maximum Gasteiger partial charge on any atom is 0.244 e. The Kier molecular flexibility index (Phi) is 2.61. The van der Waals surface area contributed by atoms with Gasteiger partial charge in [-0.25, -0.2) is 8.42 Å². The lowest BCUT2D eigenvalue weighted by Gasteiger charge is -2.32. The molecular weight excluding hydrogens is 414 g/mol. The van der Waals surface area contributed by atoms with Gasteiger partial charge < -0.3 is 9.47 Å². The molecule has 1 aromatic carbocycles. The monoisotopic (exact) mass is 423 g/mol. The third-order valence-electron chi connectivity index (χ3n) is 4.09. The Labute approximate surface area is 133 Å². The van der Waals surface area contributed by atoms with E-state index in [1.54, 1.807) is 12.1 Å². The van der Waals surface area contributed by atoms with Crippen LogP contribution >= 0.6 is 31.9 Å². The lowest BCUT2D eigenvalue weighted by molar-refractivity contribution is 0.174. The van der Waals surface area contributed by atoms with Gasteiger partial charge in [-0.1, -0.05) is 31.9 Å². The third kappa shape index (κ3) is 1.53. The molecule has 1 fully saturated rings. The Hall–Kier alpha value is -0.310. The van der Waals surface area contributed by atoms with Gasteiger partial charge in [0, 0.05) is 22.9 Å². The van der Waals surface area contributed by atoms with Gasteiger partial charge in [-0.05, 0) is 18.6 Å². The summed E-state index contributed by atoms with van der Waals surface area (Å²) in [6, 6.07) is 3.39. The van der Waals surface area contributed by atoms with Crippen LogP contribution in [0, 0.1) is 0 Å². The molecular formula is C12H11Br2NO4S. The molecule has 0 radical (unpaired) electrons. The van der Waals surface area contributed by atoms with Crippen molar-refractivity contribution in [1.82, 2.24) is 4.31 Å². The van der Waals surface area contributed by atoms with Crippen molar-refractivity contribution in [3.63, 3.8) is 0 Å². The van der Waals surface area contributed by atoms with E-state index in [1.807, 2.05) is 6.92 Å². The molecule has 3 aliphatic heterocycles. The molecule has 1 aromatic rings. The first kappa shape index (κ1) is 13.4. The normalized spacial score (nSPS) is 39.6. The summed E-state index contributed by atoms with van der Waals surface area (Å²) in [6.45, 7) is 2.58. The molecule has 3 heterocycles. The summed E-state index contributed by atoms with van der Waals surface area (Å²) >= 11 is 7.21. The highest BCUT2D eigenvalue weighted by Crippen LogP contribution is 2.56. The Bertz CT molecular complexity index is 718. The number of benzene rings is 1. The number of halogens is 2. The second-order valence-electron chi connectivity index (χ2n) is 5.42. The zero-order chi connectivity index (χ0) is 14.3. The molecule has 1 unspecified atom stereocenters. The second kappa shape index (κ2) is 3.91. The lowest BCUT2D eigenvalue weighted by Crippen LogP contribution is -2.37. The van der Waals surface area contributed by atoms with Gasteiger partial charge in [0.15, 0.2) is 11.5 Å². The average Bonchev–Trinajstić information content (AvgIpc) is 2.87. The summed E-state index contributed by atoms with van der Waals surface area (Å²) < 4.78 is 37.3. The molecule has 5 nitrogen and oxygen atoms in total. The van der Waals surface area contributed by atoms with E-state index in [-0.39, 0.29) is 22.0 Å². The van der Waals surface area contributed by atoms with Crippen molar-refractivity contribution in [2.24, 2.45) is 0 Å². The lowest BCUT2D eigenvalue weighted by atomic mass is 9.89. The highest BCUT2D eigenvalue weighted by molar-refractivity contribution is 9.10. The van der Waals surface area contributed by atoms with Crippen LogP contribution < -0.4 is 9.47 Å². The van der Waals surface area contributed by atoms with Crippen LogP contribution in [0.5, 0.6) is 11.5 Å². The molecule has 0 saturated carbocycles. The Balaban J connectivity index is 2.04. The van der Waals surface area contributed by atoms with Crippen LogP contribution in [-0.2, 0) is 10.0 Å². The van der Waals surface area contributed by atoms with Gasteiger partial charge in [-0.3, -0.25) is 0 Å². The second-order valence-corrected chi connectivity index (χ2v) is 10.0. The van der Waals surface area contributed by atoms with Crippen LogP contribution in [0.1, 0.15) is 18.4 Å². The van der Waals surface area contributed by atoms with Crippen LogP contribution in [0.2, 0.25) is 0 Å². The van der Waals surface area contributed by atoms with Crippen LogP contribution in [0.4, 0.5) is 0 Å². The first-order chi connectivity index (χ1) is 9.32. The van der Waals surface area contributed by atoms with E-state index in [2.05, 4.69) is 31.9 Å². The number of nitrogens with zero attached hydrogens (tertiary/aromatic N) is 1.